The van der Waals surface area contributed by atoms with Gasteiger partial charge >= 0.3 is 0 Å². The highest BCUT2D eigenvalue weighted by Gasteiger charge is 2.20. The molecule has 1 fully saturated rings. The Hall–Kier alpha value is -1.63. The van der Waals surface area contributed by atoms with E-state index >= 15 is 0 Å². The number of amides is 1. The molecule has 3 heterocycles. The Balaban J connectivity index is 0.00000121. The summed E-state index contributed by atoms with van der Waals surface area (Å²) >= 11 is 0. The molecule has 120 valence electrons. The summed E-state index contributed by atoms with van der Waals surface area (Å²) in [6.45, 7) is 0.911. The molecule has 2 N–H and O–H groups in total. The van der Waals surface area contributed by atoms with E-state index in [1.807, 2.05) is 24.4 Å². The third-order valence-corrected chi connectivity index (χ3v) is 3.38. The normalized spacial score (nSPS) is 17.0. The number of carbonyl (C=O) groups excluding carboxylic acids is 1. The molecular formula is C14H19Cl2N5O. The molecule has 0 saturated carbocycles. The van der Waals surface area contributed by atoms with Crippen molar-refractivity contribution in [2.24, 2.45) is 0 Å². The largest absolute Gasteiger partial charge is 0.323 e. The number of rotatable bonds is 3. The molecule has 22 heavy (non-hydrogen) atoms. The monoisotopic (exact) mass is 343 g/mol. The van der Waals surface area contributed by atoms with Crippen molar-refractivity contribution in [3.05, 3.63) is 36.8 Å². The van der Waals surface area contributed by atoms with Crippen molar-refractivity contribution in [2.75, 3.05) is 11.9 Å². The highest BCUT2D eigenvalue weighted by atomic mass is 35.5. The van der Waals surface area contributed by atoms with E-state index in [0.29, 0.717) is 5.69 Å². The van der Waals surface area contributed by atoms with E-state index in [1.54, 1.807) is 17.1 Å². The molecule has 1 aliphatic rings. The lowest BCUT2D eigenvalue weighted by atomic mass is 10.0. The highest BCUT2D eigenvalue weighted by Crippen LogP contribution is 2.12. The zero-order valence-electron chi connectivity index (χ0n) is 11.9. The first-order valence-corrected chi connectivity index (χ1v) is 6.83. The number of aromatic nitrogens is 3. The number of halogens is 2. The van der Waals surface area contributed by atoms with E-state index < -0.39 is 0 Å². The number of nitrogens with zero attached hydrogens (tertiary/aromatic N) is 3. The number of pyridine rings is 1. The van der Waals surface area contributed by atoms with Crippen molar-refractivity contribution in [1.82, 2.24) is 20.1 Å². The summed E-state index contributed by atoms with van der Waals surface area (Å²) in [6, 6.07) is 5.42. The second-order valence-corrected chi connectivity index (χ2v) is 4.85. The van der Waals surface area contributed by atoms with Crippen LogP contribution in [0.15, 0.2) is 36.8 Å². The standard InChI is InChI=1S/C14H17N5O.2ClH/c20-14(12-4-1-2-7-15-12)18-11-5-6-13(16-10-11)19-9-3-8-17-19;;/h3,5-6,8-10,12,15H,1-2,4,7H2,(H,18,20);2*1H/t12-;;/m1../s1. The van der Waals surface area contributed by atoms with Gasteiger partial charge < -0.3 is 10.6 Å². The summed E-state index contributed by atoms with van der Waals surface area (Å²) in [6.07, 6.45) is 8.31. The molecule has 1 saturated heterocycles. The maximum absolute atomic E-state index is 12.1. The molecule has 6 nitrogen and oxygen atoms in total. The van der Waals surface area contributed by atoms with Gasteiger partial charge in [0.25, 0.3) is 0 Å². The fourth-order valence-corrected chi connectivity index (χ4v) is 2.30. The number of anilines is 1. The predicted octanol–water partition coefficient (Wildman–Crippen LogP) is 2.19. The second-order valence-electron chi connectivity index (χ2n) is 4.85. The number of carbonyl (C=O) groups is 1. The van der Waals surface area contributed by atoms with Crippen LogP contribution in [0.2, 0.25) is 0 Å². The molecule has 1 atom stereocenters. The Bertz CT molecular complexity index is 567. The van der Waals surface area contributed by atoms with Gasteiger partial charge in [0.05, 0.1) is 17.9 Å². The van der Waals surface area contributed by atoms with E-state index in [9.17, 15) is 4.79 Å². The van der Waals surface area contributed by atoms with Crippen molar-refractivity contribution in [1.29, 1.82) is 0 Å². The summed E-state index contributed by atoms with van der Waals surface area (Å²) in [5.41, 5.74) is 0.707. The van der Waals surface area contributed by atoms with Gasteiger partial charge in [-0.1, -0.05) is 6.42 Å². The average molecular weight is 344 g/mol. The Labute approximate surface area is 141 Å². The molecule has 0 aliphatic carbocycles. The third-order valence-electron chi connectivity index (χ3n) is 3.38. The highest BCUT2D eigenvalue weighted by molar-refractivity contribution is 5.94. The van der Waals surface area contributed by atoms with Gasteiger partial charge in [0.2, 0.25) is 5.91 Å². The summed E-state index contributed by atoms with van der Waals surface area (Å²) in [4.78, 5) is 16.3. The van der Waals surface area contributed by atoms with Gasteiger partial charge in [0.1, 0.15) is 0 Å². The fourth-order valence-electron chi connectivity index (χ4n) is 2.30. The SMILES string of the molecule is Cl.Cl.O=C(Nc1ccc(-n2cccn2)nc1)[C@H]1CCCCN1. The summed E-state index contributed by atoms with van der Waals surface area (Å²) in [5, 5.41) is 10.2. The smallest absolute Gasteiger partial charge is 0.241 e. The lowest BCUT2D eigenvalue weighted by Crippen LogP contribution is -2.43. The van der Waals surface area contributed by atoms with E-state index in [0.717, 1.165) is 31.6 Å². The van der Waals surface area contributed by atoms with Crippen molar-refractivity contribution < 1.29 is 4.79 Å². The van der Waals surface area contributed by atoms with Crippen LogP contribution in [0.5, 0.6) is 0 Å². The van der Waals surface area contributed by atoms with Crippen molar-refractivity contribution in [3.63, 3.8) is 0 Å². The Morgan fingerprint density at radius 2 is 2.18 bits per heavy atom. The van der Waals surface area contributed by atoms with Gasteiger partial charge in [0.15, 0.2) is 5.82 Å². The second kappa shape index (κ2) is 8.73. The lowest BCUT2D eigenvalue weighted by Gasteiger charge is -2.22. The molecule has 1 aliphatic heterocycles. The van der Waals surface area contributed by atoms with E-state index in [1.165, 1.54) is 0 Å². The first-order valence-electron chi connectivity index (χ1n) is 6.83. The molecule has 0 aromatic carbocycles. The lowest BCUT2D eigenvalue weighted by molar-refractivity contribution is -0.118. The molecule has 2 aromatic rings. The van der Waals surface area contributed by atoms with Crippen LogP contribution < -0.4 is 10.6 Å². The number of hydrogen-bond acceptors (Lipinski definition) is 4. The molecule has 3 rings (SSSR count). The molecule has 0 spiro atoms. The minimum absolute atomic E-state index is 0. The van der Waals surface area contributed by atoms with Gasteiger partial charge in [-0.15, -0.1) is 24.8 Å². The van der Waals surface area contributed by atoms with E-state index in [-0.39, 0.29) is 36.8 Å². The summed E-state index contributed by atoms with van der Waals surface area (Å²) in [7, 11) is 0. The Morgan fingerprint density at radius 1 is 1.32 bits per heavy atom. The number of nitrogens with one attached hydrogen (secondary N) is 2. The van der Waals surface area contributed by atoms with Crippen molar-refractivity contribution in [2.45, 2.75) is 25.3 Å². The van der Waals surface area contributed by atoms with E-state index in [4.69, 9.17) is 0 Å². The van der Waals surface area contributed by atoms with Gasteiger partial charge in [-0.25, -0.2) is 9.67 Å². The maximum atomic E-state index is 12.1. The third kappa shape index (κ3) is 4.43. The molecular weight excluding hydrogens is 325 g/mol. The summed E-state index contributed by atoms with van der Waals surface area (Å²) < 4.78 is 1.67. The topological polar surface area (TPSA) is 71.8 Å². The minimum atomic E-state index is -0.0884. The molecule has 2 aromatic heterocycles. The minimum Gasteiger partial charge on any atom is -0.323 e. The molecule has 0 radical (unpaired) electrons. The average Bonchev–Trinajstić information content (AvgIpc) is 3.03. The quantitative estimate of drug-likeness (QED) is 0.895. The zero-order chi connectivity index (χ0) is 13.8. The van der Waals surface area contributed by atoms with Gasteiger partial charge in [-0.05, 0) is 37.6 Å². The predicted molar refractivity (Wildman–Crippen MR) is 90.1 cm³/mol. The number of hydrogen-bond donors (Lipinski definition) is 2. The van der Waals surface area contributed by atoms with Crippen LogP contribution >= 0.6 is 24.8 Å². The first kappa shape index (κ1) is 18.4. The maximum Gasteiger partial charge on any atom is 0.241 e. The Kier molecular flexibility index (Phi) is 7.31. The number of piperidine rings is 1. The Morgan fingerprint density at radius 3 is 2.77 bits per heavy atom. The van der Waals surface area contributed by atoms with Crippen molar-refractivity contribution in [3.8, 4) is 5.82 Å². The fraction of sp³-hybridized carbons (Fsp3) is 0.357. The van der Waals surface area contributed by atoms with E-state index in [2.05, 4.69) is 20.7 Å². The molecule has 8 heteroatoms. The summed E-state index contributed by atoms with van der Waals surface area (Å²) in [5.74, 6) is 0.738. The molecule has 0 unspecified atom stereocenters. The van der Waals surface area contributed by atoms with Crippen LogP contribution in [0, 0.1) is 0 Å². The van der Waals surface area contributed by atoms with Gasteiger partial charge in [-0.2, -0.15) is 5.10 Å². The van der Waals surface area contributed by atoms with Crippen LogP contribution in [0.3, 0.4) is 0 Å². The van der Waals surface area contributed by atoms with Crippen LogP contribution in [-0.4, -0.2) is 33.3 Å². The van der Waals surface area contributed by atoms with Crippen molar-refractivity contribution >= 4 is 36.4 Å². The molecule has 1 amide bonds. The van der Waals surface area contributed by atoms with Crippen LogP contribution in [0.25, 0.3) is 5.82 Å². The van der Waals surface area contributed by atoms with Gasteiger partial charge in [0, 0.05) is 12.4 Å². The van der Waals surface area contributed by atoms with Crippen LogP contribution in [-0.2, 0) is 4.79 Å². The van der Waals surface area contributed by atoms with Crippen LogP contribution in [0.4, 0.5) is 5.69 Å². The van der Waals surface area contributed by atoms with Crippen LogP contribution in [0.1, 0.15) is 19.3 Å². The van der Waals surface area contributed by atoms with Gasteiger partial charge in [-0.3, -0.25) is 4.79 Å². The first-order chi connectivity index (χ1) is 9.83. The zero-order valence-corrected chi connectivity index (χ0v) is 13.6. The molecule has 0 bridgehead atoms.